The Morgan fingerprint density at radius 1 is 1.29 bits per heavy atom. The maximum absolute atomic E-state index is 12.0. The molecule has 0 aliphatic heterocycles. The molecule has 1 fully saturated rings. The number of rotatable bonds is 3. The van der Waals surface area contributed by atoms with Gasteiger partial charge in [0, 0.05) is 13.6 Å². The molecule has 3 nitrogen and oxygen atoms in total. The van der Waals surface area contributed by atoms with Gasteiger partial charge in [0.05, 0.1) is 12.5 Å². The average Bonchev–Trinajstić information content (AvgIpc) is 2.26. The monoisotopic (exact) mass is 251 g/mol. The highest BCUT2D eigenvalue weighted by molar-refractivity contribution is 5.77. The first kappa shape index (κ1) is 14.1. The molecular formula is C11H20F3N3. The van der Waals surface area contributed by atoms with E-state index in [-0.39, 0.29) is 18.5 Å². The number of hydrogen-bond donors (Lipinski definition) is 1. The van der Waals surface area contributed by atoms with Crippen LogP contribution in [0.15, 0.2) is 4.99 Å². The van der Waals surface area contributed by atoms with E-state index in [1.807, 2.05) is 0 Å². The van der Waals surface area contributed by atoms with Crippen LogP contribution in [-0.2, 0) is 0 Å². The molecule has 0 amide bonds. The minimum Gasteiger partial charge on any atom is -0.370 e. The predicted octanol–water partition coefficient (Wildman–Crippen LogP) is 2.52. The smallest absolute Gasteiger partial charge is 0.370 e. The summed E-state index contributed by atoms with van der Waals surface area (Å²) in [5.74, 6) is 0.223. The van der Waals surface area contributed by atoms with Crippen molar-refractivity contribution in [2.24, 2.45) is 10.7 Å². The normalized spacial score (nSPS) is 19.4. The summed E-state index contributed by atoms with van der Waals surface area (Å²) in [4.78, 5) is 5.67. The number of alkyl halides is 3. The van der Waals surface area contributed by atoms with Crippen molar-refractivity contribution in [1.82, 2.24) is 4.90 Å². The Bertz CT molecular complexity index is 257. The first-order valence-corrected chi connectivity index (χ1v) is 5.99. The van der Waals surface area contributed by atoms with Gasteiger partial charge in [-0.25, -0.2) is 4.99 Å². The summed E-state index contributed by atoms with van der Waals surface area (Å²) >= 11 is 0. The van der Waals surface area contributed by atoms with Crippen LogP contribution in [0.4, 0.5) is 13.2 Å². The molecule has 0 atom stereocenters. The molecule has 2 N–H and O–H groups in total. The molecule has 1 aliphatic rings. The van der Waals surface area contributed by atoms with Gasteiger partial charge in [0.15, 0.2) is 5.96 Å². The topological polar surface area (TPSA) is 41.6 Å². The second-order valence-electron chi connectivity index (χ2n) is 4.57. The van der Waals surface area contributed by atoms with E-state index in [2.05, 4.69) is 4.99 Å². The lowest BCUT2D eigenvalue weighted by Gasteiger charge is -2.23. The SMILES string of the molecule is CN(CCC(F)(F)F)C(N)=NC1CCCCC1. The third-order valence-electron chi connectivity index (χ3n) is 3.01. The van der Waals surface area contributed by atoms with Crippen molar-refractivity contribution in [3.05, 3.63) is 0 Å². The fourth-order valence-electron chi connectivity index (χ4n) is 1.90. The highest BCUT2D eigenvalue weighted by atomic mass is 19.4. The standard InChI is InChI=1S/C11H20F3N3/c1-17(8-7-11(12,13)14)10(15)16-9-5-3-2-4-6-9/h9H,2-8H2,1H3,(H2,15,16). The molecule has 17 heavy (non-hydrogen) atoms. The molecule has 0 aromatic rings. The van der Waals surface area contributed by atoms with E-state index >= 15 is 0 Å². The highest BCUT2D eigenvalue weighted by Gasteiger charge is 2.27. The molecule has 0 spiro atoms. The van der Waals surface area contributed by atoms with Crippen molar-refractivity contribution < 1.29 is 13.2 Å². The second-order valence-corrected chi connectivity index (χ2v) is 4.57. The van der Waals surface area contributed by atoms with Crippen molar-refractivity contribution in [3.63, 3.8) is 0 Å². The summed E-state index contributed by atoms with van der Waals surface area (Å²) < 4.78 is 36.1. The molecule has 0 heterocycles. The van der Waals surface area contributed by atoms with Gasteiger partial charge in [-0.1, -0.05) is 19.3 Å². The van der Waals surface area contributed by atoms with Crippen molar-refractivity contribution in [2.75, 3.05) is 13.6 Å². The van der Waals surface area contributed by atoms with E-state index in [9.17, 15) is 13.2 Å². The van der Waals surface area contributed by atoms with E-state index in [0.717, 1.165) is 25.7 Å². The summed E-state index contributed by atoms with van der Waals surface area (Å²) in [5, 5.41) is 0. The molecular weight excluding hydrogens is 231 g/mol. The Hall–Kier alpha value is -0.940. The van der Waals surface area contributed by atoms with Crippen molar-refractivity contribution in [3.8, 4) is 0 Å². The summed E-state index contributed by atoms with van der Waals surface area (Å²) in [6, 6.07) is 0.192. The van der Waals surface area contributed by atoms with Crippen LogP contribution in [0.5, 0.6) is 0 Å². The first-order valence-electron chi connectivity index (χ1n) is 5.99. The van der Waals surface area contributed by atoms with Crippen molar-refractivity contribution in [2.45, 2.75) is 50.7 Å². The minimum atomic E-state index is -4.14. The molecule has 0 saturated heterocycles. The number of nitrogens with two attached hydrogens (primary N) is 1. The van der Waals surface area contributed by atoms with Crippen LogP contribution < -0.4 is 5.73 Å². The molecule has 0 aromatic carbocycles. The molecule has 0 aromatic heterocycles. The summed E-state index contributed by atoms with van der Waals surface area (Å²) in [7, 11) is 1.55. The summed E-state index contributed by atoms with van der Waals surface area (Å²) in [6.07, 6.45) is 0.475. The highest BCUT2D eigenvalue weighted by Crippen LogP contribution is 2.21. The lowest BCUT2D eigenvalue weighted by molar-refractivity contribution is -0.135. The number of nitrogens with zero attached hydrogens (tertiary/aromatic N) is 2. The second kappa shape index (κ2) is 6.12. The first-order chi connectivity index (χ1) is 7.88. The quantitative estimate of drug-likeness (QED) is 0.618. The fourth-order valence-corrected chi connectivity index (χ4v) is 1.90. The van der Waals surface area contributed by atoms with E-state index in [4.69, 9.17) is 5.73 Å². The number of halogens is 3. The van der Waals surface area contributed by atoms with Gasteiger partial charge in [-0.15, -0.1) is 0 Å². The molecule has 6 heteroatoms. The van der Waals surface area contributed by atoms with Crippen LogP contribution in [0.1, 0.15) is 38.5 Å². The van der Waals surface area contributed by atoms with Crippen LogP contribution in [0, 0.1) is 0 Å². The van der Waals surface area contributed by atoms with Gasteiger partial charge in [0.2, 0.25) is 0 Å². The molecule has 0 radical (unpaired) electrons. The average molecular weight is 251 g/mol. The Morgan fingerprint density at radius 2 is 1.88 bits per heavy atom. The minimum absolute atomic E-state index is 0.133. The Labute approximate surface area is 99.9 Å². The van der Waals surface area contributed by atoms with Crippen molar-refractivity contribution in [1.29, 1.82) is 0 Å². The molecule has 1 aliphatic carbocycles. The fraction of sp³-hybridized carbons (Fsp3) is 0.909. The zero-order valence-corrected chi connectivity index (χ0v) is 10.1. The van der Waals surface area contributed by atoms with Gasteiger partial charge < -0.3 is 10.6 Å². The third kappa shape index (κ3) is 5.79. The predicted molar refractivity (Wildman–Crippen MR) is 61.8 cm³/mol. The molecule has 0 unspecified atom stereocenters. The van der Waals surface area contributed by atoms with Gasteiger partial charge in [0.25, 0.3) is 0 Å². The Balaban J connectivity index is 2.39. The van der Waals surface area contributed by atoms with Crippen LogP contribution in [-0.4, -0.2) is 36.7 Å². The largest absolute Gasteiger partial charge is 0.390 e. The van der Waals surface area contributed by atoms with Crippen LogP contribution in [0.25, 0.3) is 0 Å². The molecule has 1 saturated carbocycles. The van der Waals surface area contributed by atoms with Crippen LogP contribution in [0.3, 0.4) is 0 Å². The summed E-state index contributed by atoms with van der Waals surface area (Å²) in [6.45, 7) is -0.133. The lowest BCUT2D eigenvalue weighted by atomic mass is 9.96. The zero-order valence-electron chi connectivity index (χ0n) is 10.1. The van der Waals surface area contributed by atoms with Gasteiger partial charge in [-0.05, 0) is 12.8 Å². The van der Waals surface area contributed by atoms with E-state index in [1.54, 1.807) is 7.05 Å². The molecule has 0 bridgehead atoms. The Morgan fingerprint density at radius 3 is 2.41 bits per heavy atom. The van der Waals surface area contributed by atoms with Crippen LogP contribution in [0.2, 0.25) is 0 Å². The Kier molecular flexibility index (Phi) is 5.08. The van der Waals surface area contributed by atoms with E-state index in [1.165, 1.54) is 11.3 Å². The van der Waals surface area contributed by atoms with Gasteiger partial charge in [-0.2, -0.15) is 13.2 Å². The van der Waals surface area contributed by atoms with Crippen molar-refractivity contribution >= 4 is 5.96 Å². The zero-order chi connectivity index (χ0) is 12.9. The number of hydrogen-bond acceptors (Lipinski definition) is 1. The maximum Gasteiger partial charge on any atom is 0.390 e. The number of guanidine groups is 1. The molecule has 100 valence electrons. The number of aliphatic imine (C=N–C) groups is 1. The van der Waals surface area contributed by atoms with E-state index in [0.29, 0.717) is 0 Å². The van der Waals surface area contributed by atoms with Gasteiger partial charge in [0.1, 0.15) is 0 Å². The van der Waals surface area contributed by atoms with Gasteiger partial charge >= 0.3 is 6.18 Å². The van der Waals surface area contributed by atoms with Crippen LogP contribution >= 0.6 is 0 Å². The third-order valence-corrected chi connectivity index (χ3v) is 3.01. The lowest BCUT2D eigenvalue weighted by Crippen LogP contribution is -2.37. The maximum atomic E-state index is 12.0. The molecule has 1 rings (SSSR count). The summed E-state index contributed by atoms with van der Waals surface area (Å²) in [5.41, 5.74) is 5.69. The van der Waals surface area contributed by atoms with E-state index < -0.39 is 12.6 Å². The van der Waals surface area contributed by atoms with Gasteiger partial charge in [-0.3, -0.25) is 0 Å².